The van der Waals surface area contributed by atoms with Crippen LogP contribution in [0.15, 0.2) is 48.4 Å². The van der Waals surface area contributed by atoms with E-state index in [2.05, 4.69) is 11.9 Å². The molecule has 0 spiro atoms. The quantitative estimate of drug-likeness (QED) is 0.565. The standard InChI is InChI=1S/C22H25NO5S/c1-6-22(24)23-18-11-15(7-8-19(18)26-3)14-29-10-9-17-20(27-4)12-16(25-2)13-21(17)28-5/h6-13H,1,14H2,2-5H3,(H,23,24)/b10-9+. The van der Waals surface area contributed by atoms with Crippen LogP contribution < -0.4 is 24.3 Å². The van der Waals surface area contributed by atoms with Crippen molar-refractivity contribution in [3.63, 3.8) is 0 Å². The molecule has 154 valence electrons. The van der Waals surface area contributed by atoms with E-state index < -0.39 is 0 Å². The molecular weight excluding hydrogens is 390 g/mol. The molecule has 0 saturated carbocycles. The van der Waals surface area contributed by atoms with Gasteiger partial charge in [0.05, 0.1) is 39.7 Å². The fourth-order valence-corrected chi connectivity index (χ4v) is 3.28. The monoisotopic (exact) mass is 415 g/mol. The van der Waals surface area contributed by atoms with Crippen LogP contribution in [0, 0.1) is 0 Å². The average molecular weight is 416 g/mol. The fraction of sp³-hybridized carbons (Fsp3) is 0.227. The molecule has 0 radical (unpaired) electrons. The van der Waals surface area contributed by atoms with Crippen molar-refractivity contribution >= 4 is 29.4 Å². The number of amides is 1. The molecule has 0 unspecified atom stereocenters. The van der Waals surface area contributed by atoms with Gasteiger partial charge in [0.2, 0.25) is 5.91 Å². The Morgan fingerprint density at radius 3 is 2.21 bits per heavy atom. The van der Waals surface area contributed by atoms with Crippen LogP contribution >= 0.6 is 11.8 Å². The molecular formula is C22H25NO5S. The summed E-state index contributed by atoms with van der Waals surface area (Å²) in [6, 6.07) is 9.29. The first-order chi connectivity index (χ1) is 14.1. The molecule has 0 aliphatic rings. The number of rotatable bonds is 10. The Morgan fingerprint density at radius 2 is 1.66 bits per heavy atom. The van der Waals surface area contributed by atoms with Gasteiger partial charge in [0.25, 0.3) is 0 Å². The van der Waals surface area contributed by atoms with E-state index in [1.807, 2.05) is 41.8 Å². The Kier molecular flexibility index (Phi) is 8.48. The normalized spacial score (nSPS) is 10.5. The van der Waals surface area contributed by atoms with Gasteiger partial charge < -0.3 is 24.3 Å². The number of carbonyl (C=O) groups is 1. The number of ether oxygens (including phenoxy) is 4. The summed E-state index contributed by atoms with van der Waals surface area (Å²) >= 11 is 1.60. The number of hydrogen-bond donors (Lipinski definition) is 1. The zero-order valence-electron chi connectivity index (χ0n) is 17.0. The van der Waals surface area contributed by atoms with Gasteiger partial charge in [-0.1, -0.05) is 12.6 Å². The minimum absolute atomic E-state index is 0.285. The lowest BCUT2D eigenvalue weighted by atomic mass is 10.1. The molecule has 1 N–H and O–H groups in total. The summed E-state index contributed by atoms with van der Waals surface area (Å²) in [5, 5.41) is 4.73. The lowest BCUT2D eigenvalue weighted by Gasteiger charge is -2.12. The highest BCUT2D eigenvalue weighted by Gasteiger charge is 2.11. The topological polar surface area (TPSA) is 66.0 Å². The Labute approximate surface area is 175 Å². The molecule has 6 nitrogen and oxygen atoms in total. The summed E-state index contributed by atoms with van der Waals surface area (Å²) in [7, 11) is 6.37. The van der Waals surface area contributed by atoms with Crippen LogP contribution in [0.4, 0.5) is 5.69 Å². The highest BCUT2D eigenvalue weighted by Crippen LogP contribution is 2.36. The molecule has 29 heavy (non-hydrogen) atoms. The third-order valence-corrected chi connectivity index (χ3v) is 4.87. The van der Waals surface area contributed by atoms with Crippen LogP contribution in [0.1, 0.15) is 11.1 Å². The van der Waals surface area contributed by atoms with E-state index in [9.17, 15) is 4.79 Å². The van der Waals surface area contributed by atoms with E-state index >= 15 is 0 Å². The molecule has 2 rings (SSSR count). The van der Waals surface area contributed by atoms with E-state index in [-0.39, 0.29) is 5.91 Å². The molecule has 2 aromatic rings. The van der Waals surface area contributed by atoms with E-state index in [4.69, 9.17) is 18.9 Å². The summed E-state index contributed by atoms with van der Waals surface area (Å²) in [6.07, 6.45) is 3.16. The molecule has 2 aromatic carbocycles. The van der Waals surface area contributed by atoms with Crippen LogP contribution in [-0.4, -0.2) is 34.3 Å². The lowest BCUT2D eigenvalue weighted by molar-refractivity contribution is -0.111. The van der Waals surface area contributed by atoms with E-state index in [0.717, 1.165) is 11.1 Å². The van der Waals surface area contributed by atoms with Gasteiger partial charge in [-0.05, 0) is 35.3 Å². The van der Waals surface area contributed by atoms with Gasteiger partial charge in [0.15, 0.2) is 0 Å². The van der Waals surface area contributed by atoms with Gasteiger partial charge in [0.1, 0.15) is 23.0 Å². The highest BCUT2D eigenvalue weighted by molar-refractivity contribution is 8.01. The molecule has 1 amide bonds. The molecule has 0 aliphatic heterocycles. The number of anilines is 1. The van der Waals surface area contributed by atoms with Crippen molar-refractivity contribution in [1.29, 1.82) is 0 Å². The van der Waals surface area contributed by atoms with Gasteiger partial charge in [-0.25, -0.2) is 0 Å². The predicted octanol–water partition coefficient (Wildman–Crippen LogP) is 4.75. The van der Waals surface area contributed by atoms with Crippen LogP contribution in [-0.2, 0) is 10.5 Å². The smallest absolute Gasteiger partial charge is 0.247 e. The maximum Gasteiger partial charge on any atom is 0.247 e. The van der Waals surface area contributed by atoms with Crippen molar-refractivity contribution in [3.05, 3.63) is 59.5 Å². The molecule has 0 atom stereocenters. The van der Waals surface area contributed by atoms with Crippen molar-refractivity contribution in [2.45, 2.75) is 5.75 Å². The Bertz CT molecular complexity index is 870. The minimum atomic E-state index is -0.285. The van der Waals surface area contributed by atoms with E-state index in [1.165, 1.54) is 6.08 Å². The summed E-state index contributed by atoms with van der Waals surface area (Å²) in [5.74, 6) is 3.01. The largest absolute Gasteiger partial charge is 0.496 e. The van der Waals surface area contributed by atoms with Crippen LogP contribution in [0.2, 0.25) is 0 Å². The van der Waals surface area contributed by atoms with E-state index in [0.29, 0.717) is 34.4 Å². The molecule has 7 heteroatoms. The van der Waals surface area contributed by atoms with Crippen molar-refractivity contribution in [1.82, 2.24) is 0 Å². The average Bonchev–Trinajstić information content (AvgIpc) is 2.76. The second-order valence-corrected chi connectivity index (χ2v) is 6.68. The third kappa shape index (κ3) is 5.96. The minimum Gasteiger partial charge on any atom is -0.496 e. The lowest BCUT2D eigenvalue weighted by Crippen LogP contribution is -2.08. The fourth-order valence-electron chi connectivity index (χ4n) is 2.58. The summed E-state index contributed by atoms with van der Waals surface area (Å²) < 4.78 is 21.5. The van der Waals surface area contributed by atoms with Gasteiger partial charge in [0, 0.05) is 17.9 Å². The predicted molar refractivity (Wildman–Crippen MR) is 118 cm³/mol. The van der Waals surface area contributed by atoms with Crippen LogP contribution in [0.5, 0.6) is 23.0 Å². The number of thioether (sulfide) groups is 1. The number of hydrogen-bond acceptors (Lipinski definition) is 6. The van der Waals surface area contributed by atoms with E-state index in [1.54, 1.807) is 40.2 Å². The summed E-state index contributed by atoms with van der Waals surface area (Å²) in [4.78, 5) is 11.6. The second kappa shape index (κ2) is 11.1. The summed E-state index contributed by atoms with van der Waals surface area (Å²) in [5.41, 5.74) is 2.48. The van der Waals surface area contributed by atoms with Gasteiger partial charge in [-0.3, -0.25) is 4.79 Å². The van der Waals surface area contributed by atoms with Crippen molar-refractivity contribution in [3.8, 4) is 23.0 Å². The number of benzene rings is 2. The first kappa shape index (κ1) is 22.2. The molecule has 0 bridgehead atoms. The number of carbonyl (C=O) groups excluding carboxylic acids is 1. The molecule has 0 fully saturated rings. The van der Waals surface area contributed by atoms with Crippen LogP contribution in [0.25, 0.3) is 6.08 Å². The first-order valence-electron chi connectivity index (χ1n) is 8.74. The first-order valence-corrected chi connectivity index (χ1v) is 9.79. The Balaban J connectivity index is 2.13. The molecule has 0 aromatic heterocycles. The van der Waals surface area contributed by atoms with Crippen LogP contribution in [0.3, 0.4) is 0 Å². The zero-order valence-corrected chi connectivity index (χ0v) is 17.8. The maximum atomic E-state index is 11.6. The zero-order chi connectivity index (χ0) is 21.2. The number of nitrogens with one attached hydrogen (secondary N) is 1. The molecule has 0 aliphatic carbocycles. The Hall–Kier alpha value is -3.06. The highest BCUT2D eigenvalue weighted by atomic mass is 32.2. The summed E-state index contributed by atoms with van der Waals surface area (Å²) in [6.45, 7) is 3.47. The maximum absolute atomic E-state index is 11.6. The van der Waals surface area contributed by atoms with Gasteiger partial charge >= 0.3 is 0 Å². The van der Waals surface area contributed by atoms with Crippen molar-refractivity contribution in [2.24, 2.45) is 0 Å². The number of methoxy groups -OCH3 is 4. The molecule has 0 heterocycles. The molecule has 0 saturated heterocycles. The third-order valence-electron chi connectivity index (χ3n) is 4.04. The van der Waals surface area contributed by atoms with Gasteiger partial charge in [-0.2, -0.15) is 0 Å². The Morgan fingerprint density at radius 1 is 1.00 bits per heavy atom. The van der Waals surface area contributed by atoms with Crippen molar-refractivity contribution < 1.29 is 23.7 Å². The van der Waals surface area contributed by atoms with Gasteiger partial charge in [-0.15, -0.1) is 11.8 Å². The second-order valence-electron chi connectivity index (χ2n) is 5.79. The van der Waals surface area contributed by atoms with Crippen molar-refractivity contribution in [2.75, 3.05) is 33.8 Å². The SMILES string of the molecule is C=CC(=O)Nc1cc(CS/C=C/c2c(OC)cc(OC)cc2OC)ccc1OC.